The first-order chi connectivity index (χ1) is 10.3. The molecule has 8 heteroatoms. The van der Waals surface area contributed by atoms with Crippen LogP contribution in [0.15, 0.2) is 18.2 Å². The molecular formula is C16H24Cl3F3N2. The molecule has 0 amide bonds. The first kappa shape index (κ1) is 23.8. The average molecular weight is 408 g/mol. The van der Waals surface area contributed by atoms with Gasteiger partial charge in [-0.1, -0.05) is 37.9 Å². The Hall–Kier alpha value is -0.200. The van der Waals surface area contributed by atoms with Crippen molar-refractivity contribution in [2.45, 2.75) is 32.5 Å². The molecular weight excluding hydrogens is 384 g/mol. The van der Waals surface area contributed by atoms with E-state index in [1.807, 2.05) is 0 Å². The molecule has 140 valence electrons. The number of benzene rings is 1. The van der Waals surface area contributed by atoms with Gasteiger partial charge < -0.3 is 5.32 Å². The molecule has 1 aliphatic rings. The number of halogens is 6. The van der Waals surface area contributed by atoms with Gasteiger partial charge in [-0.2, -0.15) is 13.2 Å². The van der Waals surface area contributed by atoms with Crippen LogP contribution in [0.1, 0.15) is 37.4 Å². The Kier molecular flexibility index (Phi) is 9.99. The van der Waals surface area contributed by atoms with Gasteiger partial charge in [0.2, 0.25) is 0 Å². The molecule has 0 spiro atoms. The molecule has 24 heavy (non-hydrogen) atoms. The van der Waals surface area contributed by atoms with Crippen molar-refractivity contribution in [3.8, 4) is 0 Å². The Morgan fingerprint density at radius 3 is 2.29 bits per heavy atom. The molecule has 1 saturated heterocycles. The Morgan fingerprint density at radius 2 is 1.79 bits per heavy atom. The quantitative estimate of drug-likeness (QED) is 0.738. The first-order valence-corrected chi connectivity index (χ1v) is 8.03. The molecule has 0 aromatic heterocycles. The monoisotopic (exact) mass is 406 g/mol. The van der Waals surface area contributed by atoms with Crippen LogP contribution in [-0.2, 0) is 6.18 Å². The van der Waals surface area contributed by atoms with Crippen molar-refractivity contribution < 1.29 is 13.2 Å². The van der Waals surface area contributed by atoms with Gasteiger partial charge in [-0.3, -0.25) is 4.90 Å². The minimum atomic E-state index is -4.42. The highest BCUT2D eigenvalue weighted by atomic mass is 35.5. The van der Waals surface area contributed by atoms with Gasteiger partial charge >= 0.3 is 6.18 Å². The number of rotatable bonds is 4. The Morgan fingerprint density at radius 1 is 1.21 bits per heavy atom. The van der Waals surface area contributed by atoms with Crippen LogP contribution in [0.2, 0.25) is 5.02 Å². The van der Waals surface area contributed by atoms with Crippen LogP contribution in [0.3, 0.4) is 0 Å². The third-order valence-electron chi connectivity index (χ3n) is 4.37. The van der Waals surface area contributed by atoms with Crippen molar-refractivity contribution in [2.24, 2.45) is 5.92 Å². The normalized spacial score (nSPS) is 18.2. The minimum Gasteiger partial charge on any atom is -0.314 e. The van der Waals surface area contributed by atoms with Crippen molar-refractivity contribution in [3.05, 3.63) is 34.3 Å². The van der Waals surface area contributed by atoms with Crippen LogP contribution in [0.25, 0.3) is 0 Å². The fraction of sp³-hybridized carbons (Fsp3) is 0.625. The van der Waals surface area contributed by atoms with Crippen LogP contribution in [0.5, 0.6) is 0 Å². The van der Waals surface area contributed by atoms with Gasteiger partial charge in [-0.05, 0) is 23.6 Å². The molecule has 0 bridgehead atoms. The lowest BCUT2D eigenvalue weighted by Crippen LogP contribution is -2.46. The summed E-state index contributed by atoms with van der Waals surface area (Å²) in [6, 6.07) is 4.32. The van der Waals surface area contributed by atoms with E-state index in [-0.39, 0.29) is 41.8 Å². The molecule has 1 aliphatic heterocycles. The minimum absolute atomic E-state index is 0. The Bertz CT molecular complexity index is 506. The van der Waals surface area contributed by atoms with Crippen LogP contribution in [0.4, 0.5) is 13.2 Å². The van der Waals surface area contributed by atoms with Crippen molar-refractivity contribution in [3.63, 3.8) is 0 Å². The van der Waals surface area contributed by atoms with Gasteiger partial charge in [0.15, 0.2) is 0 Å². The molecule has 2 rings (SSSR count). The van der Waals surface area contributed by atoms with Crippen LogP contribution < -0.4 is 5.32 Å². The number of nitrogens with one attached hydrogen (secondary N) is 1. The summed E-state index contributed by atoms with van der Waals surface area (Å²) in [6.45, 7) is 7.59. The van der Waals surface area contributed by atoms with E-state index >= 15 is 0 Å². The highest BCUT2D eigenvalue weighted by Crippen LogP contribution is 2.39. The maximum Gasteiger partial charge on any atom is 0.417 e. The zero-order valence-electron chi connectivity index (χ0n) is 13.7. The van der Waals surface area contributed by atoms with E-state index < -0.39 is 11.7 Å². The maximum atomic E-state index is 13.1. The SMILES string of the molecule is CCC(C)[C@@H](c1ccc(Cl)c(C(F)(F)F)c1)N1CCNCC1.Cl.Cl. The Labute approximate surface area is 158 Å². The molecule has 2 atom stereocenters. The summed E-state index contributed by atoms with van der Waals surface area (Å²) in [5.41, 5.74) is -0.0388. The fourth-order valence-corrected chi connectivity index (χ4v) is 3.25. The van der Waals surface area contributed by atoms with Crippen LogP contribution >= 0.6 is 36.4 Å². The first-order valence-electron chi connectivity index (χ1n) is 7.66. The summed E-state index contributed by atoms with van der Waals surface area (Å²) in [5, 5.41) is 3.04. The van der Waals surface area contributed by atoms with Crippen molar-refractivity contribution in [1.29, 1.82) is 0 Å². The van der Waals surface area contributed by atoms with E-state index in [4.69, 9.17) is 11.6 Å². The molecule has 0 saturated carbocycles. The van der Waals surface area contributed by atoms with Gasteiger partial charge in [0, 0.05) is 32.2 Å². The van der Waals surface area contributed by atoms with Gasteiger partial charge in [-0.15, -0.1) is 24.8 Å². The average Bonchev–Trinajstić information content (AvgIpc) is 2.49. The summed E-state index contributed by atoms with van der Waals surface area (Å²) in [5.74, 6) is 0.278. The molecule has 2 nitrogen and oxygen atoms in total. The second kappa shape index (κ2) is 10.1. The largest absolute Gasteiger partial charge is 0.417 e. The smallest absolute Gasteiger partial charge is 0.314 e. The topological polar surface area (TPSA) is 15.3 Å². The molecule has 0 radical (unpaired) electrons. The lowest BCUT2D eigenvalue weighted by Gasteiger charge is -2.38. The standard InChI is InChI=1S/C16H22ClF3N2.2ClH/c1-3-11(2)15(22-8-6-21-7-9-22)12-4-5-14(17)13(10-12)16(18,19)20;;/h4-5,10-11,15,21H,3,6-9H2,1-2H3;2*1H/t11?,15-;;/m0../s1. The molecule has 1 heterocycles. The third-order valence-corrected chi connectivity index (χ3v) is 4.69. The van der Waals surface area contributed by atoms with Crippen molar-refractivity contribution in [1.82, 2.24) is 10.2 Å². The van der Waals surface area contributed by atoms with E-state index in [1.165, 1.54) is 12.1 Å². The molecule has 1 aromatic rings. The van der Waals surface area contributed by atoms with Crippen molar-refractivity contribution in [2.75, 3.05) is 26.2 Å². The van der Waals surface area contributed by atoms with E-state index in [0.29, 0.717) is 5.56 Å². The van der Waals surface area contributed by atoms with Gasteiger partial charge in [0.05, 0.1) is 10.6 Å². The molecule has 1 fully saturated rings. The second-order valence-corrected chi connectivity index (χ2v) is 6.26. The predicted molar refractivity (Wildman–Crippen MR) is 97.6 cm³/mol. The van der Waals surface area contributed by atoms with Gasteiger partial charge in [0.25, 0.3) is 0 Å². The van der Waals surface area contributed by atoms with Crippen molar-refractivity contribution >= 4 is 36.4 Å². The van der Waals surface area contributed by atoms with E-state index in [9.17, 15) is 13.2 Å². The summed E-state index contributed by atoms with van der Waals surface area (Å²) in [7, 11) is 0. The highest BCUT2D eigenvalue weighted by molar-refractivity contribution is 6.31. The van der Waals surface area contributed by atoms with Gasteiger partial charge in [0.1, 0.15) is 0 Å². The third kappa shape index (κ3) is 5.67. The van der Waals surface area contributed by atoms with E-state index in [1.54, 1.807) is 6.07 Å². The summed E-state index contributed by atoms with van der Waals surface area (Å²) in [4.78, 5) is 2.27. The predicted octanol–water partition coefficient (Wildman–Crippen LogP) is 5.19. The fourth-order valence-electron chi connectivity index (χ4n) is 3.03. The number of nitrogens with zero attached hydrogens (tertiary/aromatic N) is 1. The number of alkyl halides is 3. The highest BCUT2D eigenvalue weighted by Gasteiger charge is 2.35. The summed E-state index contributed by atoms with van der Waals surface area (Å²) in [6.07, 6.45) is -3.50. The number of piperazine rings is 1. The molecule has 1 unspecified atom stereocenters. The zero-order valence-corrected chi connectivity index (χ0v) is 16.1. The Balaban J connectivity index is 0.00000264. The lowest BCUT2D eigenvalue weighted by atomic mass is 9.89. The molecule has 1 aromatic carbocycles. The van der Waals surface area contributed by atoms with E-state index in [0.717, 1.165) is 32.6 Å². The summed E-state index contributed by atoms with van der Waals surface area (Å²) >= 11 is 5.74. The molecule has 0 aliphatic carbocycles. The van der Waals surface area contributed by atoms with Crippen LogP contribution in [0, 0.1) is 5.92 Å². The number of hydrogen-bond donors (Lipinski definition) is 1. The maximum absolute atomic E-state index is 13.1. The van der Waals surface area contributed by atoms with Crippen LogP contribution in [-0.4, -0.2) is 31.1 Å². The second-order valence-electron chi connectivity index (χ2n) is 5.85. The lowest BCUT2D eigenvalue weighted by molar-refractivity contribution is -0.137. The van der Waals surface area contributed by atoms with E-state index in [2.05, 4.69) is 24.1 Å². The summed E-state index contributed by atoms with van der Waals surface area (Å²) < 4.78 is 39.3. The molecule has 1 N–H and O–H groups in total. The van der Waals surface area contributed by atoms with Gasteiger partial charge in [-0.25, -0.2) is 0 Å². The zero-order chi connectivity index (χ0) is 16.3. The number of hydrogen-bond acceptors (Lipinski definition) is 2.